The Bertz CT molecular complexity index is 2990. The molecule has 0 nitrogen and oxygen atoms in total. The highest BCUT2D eigenvalue weighted by Crippen LogP contribution is 2.59. The first-order chi connectivity index (χ1) is 26.8. The molecule has 0 aliphatic heterocycles. The molecular formula is C54H38. The number of fused-ring (bicyclic) bond motifs is 7. The molecule has 0 atom stereocenters. The van der Waals surface area contributed by atoms with Crippen LogP contribution in [-0.2, 0) is 0 Å². The van der Waals surface area contributed by atoms with Gasteiger partial charge in [0.25, 0.3) is 0 Å². The Morgan fingerprint density at radius 2 is 0.926 bits per heavy atom. The van der Waals surface area contributed by atoms with E-state index in [1.54, 1.807) is 0 Å². The van der Waals surface area contributed by atoms with Crippen LogP contribution in [0.4, 0.5) is 0 Å². The van der Waals surface area contributed by atoms with Crippen LogP contribution in [0.15, 0.2) is 164 Å². The molecule has 3 aliphatic rings. The topological polar surface area (TPSA) is 0 Å². The van der Waals surface area contributed by atoms with Crippen LogP contribution in [0.25, 0.3) is 110 Å². The first-order valence-corrected chi connectivity index (χ1v) is 19.8. The summed E-state index contributed by atoms with van der Waals surface area (Å²) in [6.07, 6.45) is 6.62. The van der Waals surface area contributed by atoms with Gasteiger partial charge < -0.3 is 0 Å². The van der Waals surface area contributed by atoms with Gasteiger partial charge in [0, 0.05) is 0 Å². The first kappa shape index (κ1) is 30.2. The normalized spacial score (nSPS) is 14.2. The third kappa shape index (κ3) is 4.26. The van der Waals surface area contributed by atoms with Crippen molar-refractivity contribution in [1.29, 1.82) is 0 Å². The van der Waals surface area contributed by atoms with Crippen molar-refractivity contribution in [3.63, 3.8) is 0 Å². The van der Waals surface area contributed by atoms with Crippen molar-refractivity contribution in [3.05, 3.63) is 169 Å². The summed E-state index contributed by atoms with van der Waals surface area (Å²) < 4.78 is 0. The molecule has 0 bridgehead atoms. The summed E-state index contributed by atoms with van der Waals surface area (Å²) in [6, 6.07) is 62.3. The van der Waals surface area contributed by atoms with E-state index >= 15 is 0 Å². The predicted molar refractivity (Wildman–Crippen MR) is 230 cm³/mol. The SMILES string of the molecule is c1ccc(-c2c3c(c(-c4ccccc4)c4cc(C5CCCCC5)ccc24)-c2cccc4c(-c5ccc6c(c5)-c5cccc7cccc-6c57)ccc-3c24)cc1. The minimum absolute atomic E-state index is 0.635. The summed E-state index contributed by atoms with van der Waals surface area (Å²) in [4.78, 5) is 0. The summed E-state index contributed by atoms with van der Waals surface area (Å²) in [7, 11) is 0. The van der Waals surface area contributed by atoms with E-state index in [0.717, 1.165) is 0 Å². The lowest BCUT2D eigenvalue weighted by molar-refractivity contribution is 0.444. The Kier molecular flexibility index (Phi) is 6.51. The molecule has 3 aliphatic carbocycles. The summed E-state index contributed by atoms with van der Waals surface area (Å²) in [6.45, 7) is 0. The van der Waals surface area contributed by atoms with Gasteiger partial charge in [0.15, 0.2) is 0 Å². The van der Waals surface area contributed by atoms with Gasteiger partial charge in [0.05, 0.1) is 0 Å². The van der Waals surface area contributed by atoms with E-state index in [1.165, 1.54) is 148 Å². The summed E-state index contributed by atoms with van der Waals surface area (Å²) >= 11 is 0. The second-order valence-electron chi connectivity index (χ2n) is 15.7. The monoisotopic (exact) mass is 686 g/mol. The minimum Gasteiger partial charge on any atom is -0.0622 e. The zero-order chi connectivity index (χ0) is 35.3. The smallest absolute Gasteiger partial charge is 0.000741 e. The van der Waals surface area contributed by atoms with E-state index in [0.29, 0.717) is 5.92 Å². The van der Waals surface area contributed by atoms with Crippen molar-refractivity contribution in [2.75, 3.05) is 0 Å². The van der Waals surface area contributed by atoms with E-state index in [1.807, 2.05) is 0 Å². The maximum Gasteiger partial charge on any atom is -0.000741 e. The van der Waals surface area contributed by atoms with Crippen LogP contribution in [0.1, 0.15) is 43.6 Å². The number of rotatable bonds is 4. The highest BCUT2D eigenvalue weighted by Gasteiger charge is 2.32. The second-order valence-corrected chi connectivity index (χ2v) is 15.7. The molecule has 1 fully saturated rings. The number of hydrogen-bond donors (Lipinski definition) is 0. The molecule has 9 aromatic carbocycles. The maximum atomic E-state index is 2.58. The molecular weight excluding hydrogens is 649 g/mol. The zero-order valence-electron chi connectivity index (χ0n) is 30.2. The molecule has 0 radical (unpaired) electrons. The molecule has 0 spiro atoms. The van der Waals surface area contributed by atoms with Crippen molar-refractivity contribution in [1.82, 2.24) is 0 Å². The fourth-order valence-corrected chi connectivity index (χ4v) is 10.6. The van der Waals surface area contributed by atoms with Crippen LogP contribution in [-0.4, -0.2) is 0 Å². The first-order valence-electron chi connectivity index (χ1n) is 19.8. The lowest BCUT2D eigenvalue weighted by atomic mass is 9.79. The van der Waals surface area contributed by atoms with Gasteiger partial charge in [-0.05, 0) is 141 Å². The van der Waals surface area contributed by atoms with E-state index in [-0.39, 0.29) is 0 Å². The highest BCUT2D eigenvalue weighted by atomic mass is 14.3. The van der Waals surface area contributed by atoms with Gasteiger partial charge in [-0.1, -0.05) is 177 Å². The molecule has 54 heavy (non-hydrogen) atoms. The van der Waals surface area contributed by atoms with Crippen molar-refractivity contribution in [2.45, 2.75) is 38.0 Å². The molecule has 0 saturated heterocycles. The molecule has 0 unspecified atom stereocenters. The van der Waals surface area contributed by atoms with E-state index in [9.17, 15) is 0 Å². The lowest BCUT2D eigenvalue weighted by Gasteiger charge is -2.25. The molecule has 0 amide bonds. The van der Waals surface area contributed by atoms with Crippen LogP contribution in [0.2, 0.25) is 0 Å². The lowest BCUT2D eigenvalue weighted by Crippen LogP contribution is -2.04. The molecule has 0 aromatic heterocycles. The Labute approximate surface area is 316 Å². The van der Waals surface area contributed by atoms with E-state index < -0.39 is 0 Å². The van der Waals surface area contributed by atoms with Crippen LogP contribution < -0.4 is 0 Å². The average Bonchev–Trinajstić information content (AvgIpc) is 3.75. The van der Waals surface area contributed by atoms with Gasteiger partial charge in [-0.3, -0.25) is 0 Å². The number of hydrogen-bond acceptors (Lipinski definition) is 0. The fraction of sp³-hybridized carbons (Fsp3) is 0.111. The summed E-state index contributed by atoms with van der Waals surface area (Å²) in [5.41, 5.74) is 20.1. The van der Waals surface area contributed by atoms with Gasteiger partial charge in [0.2, 0.25) is 0 Å². The van der Waals surface area contributed by atoms with Gasteiger partial charge >= 0.3 is 0 Å². The summed E-state index contributed by atoms with van der Waals surface area (Å²) in [5, 5.41) is 8.10. The zero-order valence-corrected chi connectivity index (χ0v) is 30.2. The van der Waals surface area contributed by atoms with Crippen molar-refractivity contribution in [3.8, 4) is 77.9 Å². The number of benzene rings is 9. The van der Waals surface area contributed by atoms with Crippen LogP contribution in [0.3, 0.4) is 0 Å². The van der Waals surface area contributed by atoms with Gasteiger partial charge in [-0.15, -0.1) is 0 Å². The predicted octanol–water partition coefficient (Wildman–Crippen LogP) is 15.5. The fourth-order valence-electron chi connectivity index (χ4n) is 10.6. The van der Waals surface area contributed by atoms with Crippen molar-refractivity contribution < 1.29 is 0 Å². The van der Waals surface area contributed by atoms with E-state index in [2.05, 4.69) is 164 Å². The van der Waals surface area contributed by atoms with Gasteiger partial charge in [0.1, 0.15) is 0 Å². The Morgan fingerprint density at radius 1 is 0.315 bits per heavy atom. The van der Waals surface area contributed by atoms with E-state index in [4.69, 9.17) is 0 Å². The van der Waals surface area contributed by atoms with Gasteiger partial charge in [-0.2, -0.15) is 0 Å². The maximum absolute atomic E-state index is 2.58. The average molecular weight is 687 g/mol. The molecule has 0 heteroatoms. The molecule has 0 N–H and O–H groups in total. The third-order valence-corrected chi connectivity index (χ3v) is 12.9. The summed E-state index contributed by atoms with van der Waals surface area (Å²) in [5.74, 6) is 0.635. The minimum atomic E-state index is 0.635. The Morgan fingerprint density at radius 3 is 1.67 bits per heavy atom. The van der Waals surface area contributed by atoms with Crippen LogP contribution >= 0.6 is 0 Å². The van der Waals surface area contributed by atoms with Crippen LogP contribution in [0.5, 0.6) is 0 Å². The second kappa shape index (κ2) is 11.6. The van der Waals surface area contributed by atoms with Crippen molar-refractivity contribution >= 4 is 32.3 Å². The molecule has 0 heterocycles. The third-order valence-electron chi connectivity index (χ3n) is 12.9. The standard InChI is InChI=1S/C54H38/c1-4-13-33(14-5-1)37-25-28-44-48(31-37)51(36-17-8-3-9-18-36)53-45-24-12-23-41-39(29-30-46(52(41)45)54(53)50(44)35-15-6-2-7-16-35)38-26-27-40-42-21-10-19-34-20-11-22-43(49(34)42)47(40)32-38/h2-3,6-12,15-33H,1,4-5,13-14H2. The molecule has 1 saturated carbocycles. The quantitative estimate of drug-likeness (QED) is 0.173. The Balaban J connectivity index is 1.15. The van der Waals surface area contributed by atoms with Crippen LogP contribution in [0, 0.1) is 0 Å². The van der Waals surface area contributed by atoms with Crippen molar-refractivity contribution in [2.24, 2.45) is 0 Å². The van der Waals surface area contributed by atoms with Gasteiger partial charge in [-0.25, -0.2) is 0 Å². The Hall–Kier alpha value is -6.24. The largest absolute Gasteiger partial charge is 0.0622 e. The molecule has 12 rings (SSSR count). The molecule has 254 valence electrons. The highest BCUT2D eigenvalue weighted by molar-refractivity contribution is 6.29. The molecule has 9 aromatic rings.